The average molecular weight is 313 g/mol. The van der Waals surface area contributed by atoms with Crippen LogP contribution in [0.15, 0.2) is 36.5 Å². The molecule has 6 heteroatoms. The molecule has 1 aliphatic rings. The maximum atomic E-state index is 11.9. The highest BCUT2D eigenvalue weighted by molar-refractivity contribution is 5.93. The van der Waals surface area contributed by atoms with E-state index in [1.54, 1.807) is 12.3 Å². The highest BCUT2D eigenvalue weighted by atomic mass is 16.7. The molecule has 1 amide bonds. The van der Waals surface area contributed by atoms with E-state index < -0.39 is 5.41 Å². The summed E-state index contributed by atoms with van der Waals surface area (Å²) in [7, 11) is 0. The molecule has 0 saturated heterocycles. The topological polar surface area (TPSA) is 72.5 Å². The third kappa shape index (κ3) is 3.53. The van der Waals surface area contributed by atoms with Crippen molar-refractivity contribution in [3.8, 4) is 11.5 Å². The molecule has 1 aliphatic heterocycles. The summed E-state index contributed by atoms with van der Waals surface area (Å²) >= 11 is 0. The van der Waals surface area contributed by atoms with E-state index in [1.807, 2.05) is 45.0 Å². The molecule has 2 aromatic rings. The number of benzene rings is 1. The minimum atomic E-state index is -0.453. The molecule has 0 bridgehead atoms. The van der Waals surface area contributed by atoms with Gasteiger partial charge in [0.1, 0.15) is 5.82 Å². The van der Waals surface area contributed by atoms with Gasteiger partial charge in [0.2, 0.25) is 12.7 Å². The number of rotatable bonds is 3. The van der Waals surface area contributed by atoms with Crippen LogP contribution in [0.1, 0.15) is 20.8 Å². The number of hydrogen-bond donors (Lipinski definition) is 2. The number of hydrogen-bond acceptors (Lipinski definition) is 5. The van der Waals surface area contributed by atoms with E-state index in [4.69, 9.17) is 9.47 Å². The molecule has 1 aromatic carbocycles. The van der Waals surface area contributed by atoms with Gasteiger partial charge in [0, 0.05) is 17.2 Å². The Morgan fingerprint density at radius 1 is 1.09 bits per heavy atom. The largest absolute Gasteiger partial charge is 0.454 e. The maximum Gasteiger partial charge on any atom is 0.231 e. The van der Waals surface area contributed by atoms with Crippen molar-refractivity contribution in [2.24, 2.45) is 5.41 Å². The summed E-state index contributed by atoms with van der Waals surface area (Å²) < 4.78 is 10.6. The van der Waals surface area contributed by atoms with E-state index in [1.165, 1.54) is 0 Å². The molecular formula is C17H19N3O3. The molecule has 2 heterocycles. The number of anilines is 3. The quantitative estimate of drug-likeness (QED) is 0.907. The number of nitrogens with zero attached hydrogens (tertiary/aromatic N) is 1. The summed E-state index contributed by atoms with van der Waals surface area (Å²) in [5.74, 6) is 1.92. The van der Waals surface area contributed by atoms with Gasteiger partial charge in [0.05, 0.1) is 11.9 Å². The molecule has 2 N–H and O–H groups in total. The second-order valence-electron chi connectivity index (χ2n) is 6.33. The normalized spacial score (nSPS) is 12.8. The van der Waals surface area contributed by atoms with E-state index in [0.717, 1.165) is 22.9 Å². The Bertz CT molecular complexity index is 721. The number of carbonyl (C=O) groups excluding carboxylic acids is 1. The number of amides is 1. The molecule has 0 radical (unpaired) electrons. The Morgan fingerprint density at radius 2 is 1.83 bits per heavy atom. The van der Waals surface area contributed by atoms with Crippen molar-refractivity contribution in [1.82, 2.24) is 4.98 Å². The molecule has 3 rings (SSSR count). The first-order valence-corrected chi connectivity index (χ1v) is 7.36. The summed E-state index contributed by atoms with van der Waals surface area (Å²) in [6.07, 6.45) is 1.67. The molecule has 23 heavy (non-hydrogen) atoms. The van der Waals surface area contributed by atoms with Gasteiger partial charge in [0.15, 0.2) is 11.5 Å². The zero-order chi connectivity index (χ0) is 16.4. The zero-order valence-corrected chi connectivity index (χ0v) is 13.3. The predicted octanol–water partition coefficient (Wildman–Crippen LogP) is 3.54. The third-order valence-electron chi connectivity index (χ3n) is 3.35. The monoisotopic (exact) mass is 313 g/mol. The van der Waals surface area contributed by atoms with Gasteiger partial charge in [0.25, 0.3) is 0 Å². The Hall–Kier alpha value is -2.76. The van der Waals surface area contributed by atoms with Crippen LogP contribution in [0.2, 0.25) is 0 Å². The van der Waals surface area contributed by atoms with Crippen LogP contribution in [0.4, 0.5) is 17.2 Å². The van der Waals surface area contributed by atoms with Crippen LogP contribution < -0.4 is 20.1 Å². The van der Waals surface area contributed by atoms with Crippen molar-refractivity contribution in [3.63, 3.8) is 0 Å². The van der Waals surface area contributed by atoms with Crippen LogP contribution >= 0.6 is 0 Å². The molecule has 0 unspecified atom stereocenters. The fourth-order valence-electron chi connectivity index (χ4n) is 1.99. The minimum Gasteiger partial charge on any atom is -0.454 e. The van der Waals surface area contributed by atoms with E-state index >= 15 is 0 Å². The van der Waals surface area contributed by atoms with Gasteiger partial charge in [-0.2, -0.15) is 0 Å². The average Bonchev–Trinajstić information content (AvgIpc) is 2.96. The van der Waals surface area contributed by atoms with Crippen molar-refractivity contribution in [1.29, 1.82) is 0 Å². The lowest BCUT2D eigenvalue weighted by Gasteiger charge is -2.17. The summed E-state index contributed by atoms with van der Waals surface area (Å²) in [5, 5.41) is 6.03. The van der Waals surface area contributed by atoms with Gasteiger partial charge in [-0.25, -0.2) is 4.98 Å². The first-order chi connectivity index (χ1) is 10.9. The van der Waals surface area contributed by atoms with Crippen LogP contribution in [0.5, 0.6) is 11.5 Å². The molecule has 0 spiro atoms. The van der Waals surface area contributed by atoms with Gasteiger partial charge >= 0.3 is 0 Å². The summed E-state index contributed by atoms with van der Waals surface area (Å²) in [6, 6.07) is 9.26. The summed E-state index contributed by atoms with van der Waals surface area (Å²) in [6.45, 7) is 5.83. The lowest BCUT2D eigenvalue weighted by atomic mass is 9.96. The standard InChI is InChI=1S/C17H19N3O3/c1-17(2,3)16(21)20-15-7-5-12(9-18-15)19-11-4-6-13-14(8-11)23-10-22-13/h4-9,19H,10H2,1-3H3,(H,18,20,21). The lowest BCUT2D eigenvalue weighted by Crippen LogP contribution is -2.27. The second-order valence-corrected chi connectivity index (χ2v) is 6.33. The lowest BCUT2D eigenvalue weighted by molar-refractivity contribution is -0.123. The van der Waals surface area contributed by atoms with Crippen LogP contribution in [0.3, 0.4) is 0 Å². The first-order valence-electron chi connectivity index (χ1n) is 7.36. The van der Waals surface area contributed by atoms with Crippen LogP contribution in [0.25, 0.3) is 0 Å². The smallest absolute Gasteiger partial charge is 0.231 e. The van der Waals surface area contributed by atoms with E-state index in [9.17, 15) is 4.79 Å². The van der Waals surface area contributed by atoms with Crippen molar-refractivity contribution in [3.05, 3.63) is 36.5 Å². The minimum absolute atomic E-state index is 0.0681. The zero-order valence-electron chi connectivity index (χ0n) is 13.3. The molecular weight excluding hydrogens is 294 g/mol. The number of aromatic nitrogens is 1. The van der Waals surface area contributed by atoms with Gasteiger partial charge in [-0.05, 0) is 24.3 Å². The molecule has 0 saturated carbocycles. The number of carbonyl (C=O) groups is 1. The van der Waals surface area contributed by atoms with Crippen LogP contribution in [0, 0.1) is 5.41 Å². The predicted molar refractivity (Wildman–Crippen MR) is 88.2 cm³/mol. The second kappa shape index (κ2) is 5.79. The third-order valence-corrected chi connectivity index (χ3v) is 3.35. The SMILES string of the molecule is CC(C)(C)C(=O)Nc1ccc(Nc2ccc3c(c2)OCO3)cn1. The van der Waals surface area contributed by atoms with Crippen LogP contribution in [-0.2, 0) is 4.79 Å². The van der Waals surface area contributed by atoms with E-state index in [2.05, 4.69) is 15.6 Å². The fourth-order valence-corrected chi connectivity index (χ4v) is 1.99. The first kappa shape index (κ1) is 15.1. The van der Waals surface area contributed by atoms with Gasteiger partial charge < -0.3 is 20.1 Å². The molecule has 120 valence electrons. The fraction of sp³-hybridized carbons (Fsp3) is 0.294. The highest BCUT2D eigenvalue weighted by Gasteiger charge is 2.21. The van der Waals surface area contributed by atoms with Crippen LogP contribution in [-0.4, -0.2) is 17.7 Å². The number of pyridine rings is 1. The van der Waals surface area contributed by atoms with Gasteiger partial charge in [-0.3, -0.25) is 4.79 Å². The van der Waals surface area contributed by atoms with E-state index in [0.29, 0.717) is 5.82 Å². The molecule has 6 nitrogen and oxygen atoms in total. The molecule has 1 aromatic heterocycles. The van der Waals surface area contributed by atoms with Crippen molar-refractivity contribution >= 4 is 23.1 Å². The van der Waals surface area contributed by atoms with E-state index in [-0.39, 0.29) is 12.7 Å². The number of ether oxygens (including phenoxy) is 2. The Kier molecular flexibility index (Phi) is 3.82. The Morgan fingerprint density at radius 3 is 2.52 bits per heavy atom. The Labute approximate surface area is 134 Å². The van der Waals surface area contributed by atoms with Crippen molar-refractivity contribution < 1.29 is 14.3 Å². The molecule has 0 fully saturated rings. The highest BCUT2D eigenvalue weighted by Crippen LogP contribution is 2.35. The summed E-state index contributed by atoms with van der Waals surface area (Å²) in [5.41, 5.74) is 1.24. The Balaban J connectivity index is 1.67. The van der Waals surface area contributed by atoms with Gasteiger partial charge in [-0.15, -0.1) is 0 Å². The molecule has 0 aliphatic carbocycles. The number of fused-ring (bicyclic) bond motifs is 1. The van der Waals surface area contributed by atoms with Crippen molar-refractivity contribution in [2.45, 2.75) is 20.8 Å². The van der Waals surface area contributed by atoms with Gasteiger partial charge in [-0.1, -0.05) is 20.8 Å². The number of nitrogens with one attached hydrogen (secondary N) is 2. The molecule has 0 atom stereocenters. The van der Waals surface area contributed by atoms with Crippen molar-refractivity contribution in [2.75, 3.05) is 17.4 Å². The maximum absolute atomic E-state index is 11.9. The summed E-state index contributed by atoms with van der Waals surface area (Å²) in [4.78, 5) is 16.2.